The van der Waals surface area contributed by atoms with E-state index in [1.807, 2.05) is 18.2 Å². The summed E-state index contributed by atoms with van der Waals surface area (Å²) in [4.78, 5) is 21.0. The highest BCUT2D eigenvalue weighted by Gasteiger charge is 2.13. The number of amides is 1. The van der Waals surface area contributed by atoms with Crippen LogP contribution in [0, 0.1) is 0 Å². The zero-order chi connectivity index (χ0) is 27.8. The Morgan fingerprint density at radius 2 is 1.49 bits per heavy atom. The Balaban J connectivity index is 1.33. The molecule has 0 saturated carbocycles. The second-order valence-electron chi connectivity index (χ2n) is 8.22. The van der Waals surface area contributed by atoms with Gasteiger partial charge in [0.25, 0.3) is 0 Å². The van der Waals surface area contributed by atoms with Crippen molar-refractivity contribution in [3.05, 3.63) is 66.5 Å². The summed E-state index contributed by atoms with van der Waals surface area (Å²) >= 11 is 5.30. The molecule has 0 bridgehead atoms. The lowest BCUT2D eigenvalue weighted by molar-refractivity contribution is -0.119. The van der Waals surface area contributed by atoms with Crippen LogP contribution in [0.5, 0.6) is 34.6 Å². The molecule has 3 aromatic carbocycles. The van der Waals surface area contributed by atoms with Gasteiger partial charge in [0.05, 0.1) is 39.3 Å². The Morgan fingerprint density at radius 1 is 0.821 bits per heavy atom. The summed E-state index contributed by atoms with van der Waals surface area (Å²) in [6.07, 6.45) is 2.20. The molecule has 1 amide bonds. The van der Waals surface area contributed by atoms with Gasteiger partial charge in [0.1, 0.15) is 12.1 Å². The highest BCUT2D eigenvalue weighted by Crippen LogP contribution is 2.36. The minimum atomic E-state index is -0.204. The van der Waals surface area contributed by atoms with Gasteiger partial charge in [0.15, 0.2) is 28.1 Å². The number of rotatable bonds is 10. The number of ether oxygens (including phenoxy) is 5. The molecule has 1 heterocycles. The number of hydrogen-bond donors (Lipinski definition) is 2. The summed E-state index contributed by atoms with van der Waals surface area (Å²) in [5.74, 6) is 3.09. The topological polar surface area (TPSA) is 113 Å². The average molecular weight is 549 g/mol. The maximum atomic E-state index is 12.4. The van der Waals surface area contributed by atoms with Crippen LogP contribution in [-0.2, 0) is 11.2 Å². The van der Waals surface area contributed by atoms with Crippen LogP contribution in [0.1, 0.15) is 12.0 Å². The summed E-state index contributed by atoms with van der Waals surface area (Å²) < 4.78 is 27.3. The predicted octanol–water partition coefficient (Wildman–Crippen LogP) is 4.90. The molecular formula is C28H28N4O6S. The van der Waals surface area contributed by atoms with Crippen LogP contribution >= 0.6 is 12.2 Å². The molecule has 0 aliphatic heterocycles. The van der Waals surface area contributed by atoms with Gasteiger partial charge < -0.3 is 34.3 Å². The summed E-state index contributed by atoms with van der Waals surface area (Å²) in [6, 6.07) is 16.2. The molecule has 0 atom stereocenters. The Morgan fingerprint density at radius 3 is 2.18 bits per heavy atom. The molecule has 10 nitrogen and oxygen atoms in total. The third-order valence-electron chi connectivity index (χ3n) is 5.77. The predicted molar refractivity (Wildman–Crippen MR) is 151 cm³/mol. The summed E-state index contributed by atoms with van der Waals surface area (Å²) in [7, 11) is 6.28. The molecule has 0 aliphatic carbocycles. The van der Waals surface area contributed by atoms with Crippen molar-refractivity contribution < 1.29 is 28.5 Å². The minimum absolute atomic E-state index is 0.198. The highest BCUT2D eigenvalue weighted by molar-refractivity contribution is 7.80. The van der Waals surface area contributed by atoms with Crippen molar-refractivity contribution in [2.45, 2.75) is 12.8 Å². The number of benzene rings is 3. The highest BCUT2D eigenvalue weighted by atomic mass is 32.1. The van der Waals surface area contributed by atoms with Gasteiger partial charge in [0.2, 0.25) is 11.8 Å². The first-order valence-corrected chi connectivity index (χ1v) is 12.3. The van der Waals surface area contributed by atoms with Crippen molar-refractivity contribution in [2.75, 3.05) is 33.8 Å². The van der Waals surface area contributed by atoms with Crippen LogP contribution in [0.25, 0.3) is 10.9 Å². The van der Waals surface area contributed by atoms with E-state index in [0.717, 1.165) is 5.56 Å². The summed E-state index contributed by atoms with van der Waals surface area (Å²) in [5, 5.41) is 6.58. The molecule has 1 aromatic heterocycles. The number of nitrogens with zero attached hydrogens (tertiary/aromatic N) is 2. The number of carbonyl (C=O) groups is 1. The number of aryl methyl sites for hydroxylation is 1. The molecule has 0 spiro atoms. The zero-order valence-corrected chi connectivity index (χ0v) is 22.8. The van der Waals surface area contributed by atoms with E-state index in [-0.39, 0.29) is 17.4 Å². The third-order valence-corrected chi connectivity index (χ3v) is 5.98. The van der Waals surface area contributed by atoms with Gasteiger partial charge in [-0.25, -0.2) is 9.97 Å². The largest absolute Gasteiger partial charge is 0.493 e. The first-order valence-electron chi connectivity index (χ1n) is 11.9. The standard InChI is InChI=1S/C28H28N4O6S/c1-34-22-11-5-17(13-23(22)35-2)6-12-26(33)32-28(39)31-18-7-9-19(10-8-18)38-27-20-14-24(36-3)25(37-4)15-21(20)29-16-30-27/h5,7-11,13-16H,6,12H2,1-4H3,(H2,31,32,33,39). The molecule has 39 heavy (non-hydrogen) atoms. The SMILES string of the molecule is COc1ccc(CCC(=O)NC(=S)Nc2ccc(Oc3ncnc4cc(OC)c(OC)cc34)cc2)cc1OC. The van der Waals surface area contributed by atoms with Gasteiger partial charge in [-0.15, -0.1) is 0 Å². The molecule has 202 valence electrons. The molecule has 0 saturated heterocycles. The Kier molecular flexibility index (Phi) is 8.95. The number of anilines is 1. The van der Waals surface area contributed by atoms with Crippen molar-refractivity contribution in [3.63, 3.8) is 0 Å². The van der Waals surface area contributed by atoms with E-state index in [0.29, 0.717) is 57.6 Å². The fraction of sp³-hybridized carbons (Fsp3) is 0.214. The molecule has 0 fully saturated rings. The lowest BCUT2D eigenvalue weighted by atomic mass is 10.1. The smallest absolute Gasteiger partial charge is 0.230 e. The van der Waals surface area contributed by atoms with Crippen LogP contribution in [-0.4, -0.2) is 49.4 Å². The molecule has 0 aliphatic rings. The molecule has 4 aromatic rings. The lowest BCUT2D eigenvalue weighted by Crippen LogP contribution is -2.34. The van der Waals surface area contributed by atoms with Gasteiger partial charge in [0, 0.05) is 18.2 Å². The molecule has 11 heteroatoms. The Hall–Kier alpha value is -4.64. The number of hydrogen-bond acceptors (Lipinski definition) is 9. The van der Waals surface area contributed by atoms with E-state index in [1.165, 1.54) is 6.33 Å². The molecule has 0 unspecified atom stereocenters. The first kappa shape index (κ1) is 27.4. The first-order chi connectivity index (χ1) is 18.9. The molecule has 0 radical (unpaired) electrons. The van der Waals surface area contributed by atoms with Crippen molar-refractivity contribution in [3.8, 4) is 34.6 Å². The number of methoxy groups -OCH3 is 4. The second-order valence-corrected chi connectivity index (χ2v) is 8.63. The van der Waals surface area contributed by atoms with Gasteiger partial charge in [-0.05, 0) is 66.7 Å². The van der Waals surface area contributed by atoms with Crippen molar-refractivity contribution in [2.24, 2.45) is 0 Å². The van der Waals surface area contributed by atoms with Crippen LogP contribution in [0.15, 0.2) is 60.9 Å². The van der Waals surface area contributed by atoms with E-state index in [4.69, 9.17) is 35.9 Å². The van der Waals surface area contributed by atoms with Crippen molar-refractivity contribution in [1.82, 2.24) is 15.3 Å². The van der Waals surface area contributed by atoms with Crippen LogP contribution < -0.4 is 34.3 Å². The summed E-state index contributed by atoms with van der Waals surface area (Å²) in [6.45, 7) is 0. The van der Waals surface area contributed by atoms with Gasteiger partial charge in [-0.1, -0.05) is 6.07 Å². The van der Waals surface area contributed by atoms with Gasteiger partial charge >= 0.3 is 0 Å². The fourth-order valence-electron chi connectivity index (χ4n) is 3.80. The molecule has 4 rings (SSSR count). The maximum absolute atomic E-state index is 12.4. The fourth-order valence-corrected chi connectivity index (χ4v) is 4.04. The Bertz CT molecular complexity index is 1480. The van der Waals surface area contributed by atoms with E-state index < -0.39 is 0 Å². The number of aromatic nitrogens is 2. The second kappa shape index (κ2) is 12.7. The van der Waals surface area contributed by atoms with Crippen LogP contribution in [0.2, 0.25) is 0 Å². The van der Waals surface area contributed by atoms with Crippen molar-refractivity contribution >= 4 is 39.8 Å². The van der Waals surface area contributed by atoms with E-state index in [9.17, 15) is 4.79 Å². The van der Waals surface area contributed by atoms with E-state index in [2.05, 4.69) is 20.6 Å². The maximum Gasteiger partial charge on any atom is 0.230 e. The summed E-state index contributed by atoms with van der Waals surface area (Å²) in [5.41, 5.74) is 2.29. The van der Waals surface area contributed by atoms with Gasteiger partial charge in [-0.2, -0.15) is 0 Å². The quantitative estimate of drug-likeness (QED) is 0.265. The lowest BCUT2D eigenvalue weighted by Gasteiger charge is -2.12. The monoisotopic (exact) mass is 548 g/mol. The van der Waals surface area contributed by atoms with E-state index >= 15 is 0 Å². The van der Waals surface area contributed by atoms with Crippen LogP contribution in [0.4, 0.5) is 5.69 Å². The van der Waals surface area contributed by atoms with Crippen LogP contribution in [0.3, 0.4) is 0 Å². The number of thiocarbonyl (C=S) groups is 1. The molecular weight excluding hydrogens is 520 g/mol. The normalized spacial score (nSPS) is 10.5. The number of fused-ring (bicyclic) bond motifs is 1. The average Bonchev–Trinajstić information content (AvgIpc) is 2.96. The zero-order valence-electron chi connectivity index (χ0n) is 21.9. The van der Waals surface area contributed by atoms with Crippen molar-refractivity contribution in [1.29, 1.82) is 0 Å². The third kappa shape index (κ3) is 6.82. The Labute approximate surface area is 231 Å². The minimum Gasteiger partial charge on any atom is -0.493 e. The van der Waals surface area contributed by atoms with Gasteiger partial charge in [-0.3, -0.25) is 4.79 Å². The number of nitrogens with one attached hydrogen (secondary N) is 2. The van der Waals surface area contributed by atoms with E-state index in [1.54, 1.807) is 64.8 Å². The molecule has 2 N–H and O–H groups in total. The number of carbonyl (C=O) groups excluding carboxylic acids is 1.